The Hall–Kier alpha value is -2.37. The van der Waals surface area contributed by atoms with Crippen molar-refractivity contribution >= 4 is 6.29 Å². The predicted octanol–water partition coefficient (Wildman–Crippen LogP) is 0.456. The molecule has 1 aromatic heterocycles. The summed E-state index contributed by atoms with van der Waals surface area (Å²) in [4.78, 5) is 21.9. The molecule has 1 aromatic carbocycles. The SMILES string of the molecule is CCOc1ccc(-[n+]2[nH]oc(=O)c2C=O)cc1. The number of ether oxygens (including phenoxy) is 1. The largest absolute Gasteiger partial charge is 0.494 e. The van der Waals surface area contributed by atoms with E-state index in [1.54, 1.807) is 24.3 Å². The number of hydrogen-bond donors (Lipinski definition) is 1. The van der Waals surface area contributed by atoms with E-state index < -0.39 is 5.63 Å². The average Bonchev–Trinajstić information content (AvgIpc) is 2.72. The molecule has 1 heterocycles. The first-order chi connectivity index (χ1) is 8.26. The number of aldehydes is 1. The third-order valence-electron chi connectivity index (χ3n) is 2.20. The number of carbonyl (C=O) groups excluding carboxylic acids is 1. The smallest absolute Gasteiger partial charge is 0.438 e. The number of hydrogen-bond acceptors (Lipinski definition) is 4. The number of aromatic amines is 1. The summed E-state index contributed by atoms with van der Waals surface area (Å²) < 4.78 is 11.1. The Kier molecular flexibility index (Phi) is 3.04. The third kappa shape index (κ3) is 2.10. The number of nitrogens with one attached hydrogen (secondary N) is 1. The summed E-state index contributed by atoms with van der Waals surface area (Å²) in [5.41, 5.74) is -0.176. The number of H-pyrrole nitrogens is 1. The number of benzene rings is 1. The van der Waals surface area contributed by atoms with E-state index >= 15 is 0 Å². The molecule has 1 N–H and O–H groups in total. The molecule has 2 aromatic rings. The van der Waals surface area contributed by atoms with Crippen molar-refractivity contribution in [3.05, 3.63) is 40.4 Å². The fourth-order valence-electron chi connectivity index (χ4n) is 1.43. The lowest BCUT2D eigenvalue weighted by molar-refractivity contribution is -0.671. The van der Waals surface area contributed by atoms with Crippen LogP contribution < -0.4 is 15.0 Å². The van der Waals surface area contributed by atoms with E-state index in [1.807, 2.05) is 6.92 Å². The fraction of sp³-hybridized carbons (Fsp3) is 0.182. The average molecular weight is 235 g/mol. The van der Waals surface area contributed by atoms with Gasteiger partial charge in [0, 0.05) is 12.1 Å². The van der Waals surface area contributed by atoms with Crippen molar-refractivity contribution in [3.63, 3.8) is 0 Å². The van der Waals surface area contributed by atoms with Crippen LogP contribution in [-0.4, -0.2) is 18.2 Å². The molecule has 0 atom stereocenters. The Bertz CT molecular complexity index is 568. The van der Waals surface area contributed by atoms with Gasteiger partial charge in [-0.25, -0.2) is 4.79 Å². The zero-order valence-corrected chi connectivity index (χ0v) is 9.17. The molecule has 0 amide bonds. The van der Waals surface area contributed by atoms with Crippen LogP contribution >= 0.6 is 0 Å². The summed E-state index contributed by atoms with van der Waals surface area (Å²) in [6.45, 7) is 2.47. The predicted molar refractivity (Wildman–Crippen MR) is 57.4 cm³/mol. The van der Waals surface area contributed by atoms with E-state index in [2.05, 4.69) is 9.79 Å². The van der Waals surface area contributed by atoms with Crippen molar-refractivity contribution in [2.75, 3.05) is 6.61 Å². The van der Waals surface area contributed by atoms with E-state index in [4.69, 9.17) is 4.74 Å². The molecular weight excluding hydrogens is 224 g/mol. The van der Waals surface area contributed by atoms with Gasteiger partial charge in [-0.1, -0.05) is 0 Å². The van der Waals surface area contributed by atoms with E-state index in [0.717, 1.165) is 5.75 Å². The fourth-order valence-corrected chi connectivity index (χ4v) is 1.43. The van der Waals surface area contributed by atoms with Gasteiger partial charge in [-0.05, 0) is 29.0 Å². The van der Waals surface area contributed by atoms with Crippen LogP contribution in [0.2, 0.25) is 0 Å². The van der Waals surface area contributed by atoms with Crippen molar-refractivity contribution < 1.29 is 18.7 Å². The Morgan fingerprint density at radius 1 is 1.41 bits per heavy atom. The second kappa shape index (κ2) is 4.65. The van der Waals surface area contributed by atoms with Crippen molar-refractivity contribution in [1.82, 2.24) is 5.27 Å². The lowest BCUT2D eigenvalue weighted by atomic mass is 10.3. The van der Waals surface area contributed by atoms with Crippen LogP contribution in [-0.2, 0) is 0 Å². The summed E-state index contributed by atoms with van der Waals surface area (Å²) in [5, 5.41) is 2.35. The molecule has 6 nitrogen and oxygen atoms in total. The molecule has 0 aliphatic carbocycles. The molecule has 0 spiro atoms. The maximum absolute atomic E-state index is 11.1. The lowest BCUT2D eigenvalue weighted by Crippen LogP contribution is -2.38. The normalized spacial score (nSPS) is 10.2. The van der Waals surface area contributed by atoms with E-state index in [9.17, 15) is 9.59 Å². The summed E-state index contributed by atoms with van der Waals surface area (Å²) in [6.07, 6.45) is 0.443. The van der Waals surface area contributed by atoms with Gasteiger partial charge in [0.05, 0.1) is 6.61 Å². The molecule has 0 aliphatic heterocycles. The van der Waals surface area contributed by atoms with Gasteiger partial charge in [0.1, 0.15) is 5.75 Å². The standard InChI is InChI=1S/C11H10N2O4/c1-2-16-9-5-3-8(4-6-9)13-10(7-14)11(15)17-12-13/h3-7H,2H2,1H3/p+1. The summed E-state index contributed by atoms with van der Waals surface area (Å²) in [5.74, 6) is 0.718. The van der Waals surface area contributed by atoms with E-state index in [-0.39, 0.29) is 5.69 Å². The minimum absolute atomic E-state index is 0.0887. The zero-order valence-electron chi connectivity index (χ0n) is 9.17. The highest BCUT2D eigenvalue weighted by molar-refractivity contribution is 5.68. The van der Waals surface area contributed by atoms with Gasteiger partial charge in [-0.15, -0.1) is 0 Å². The highest BCUT2D eigenvalue weighted by Gasteiger charge is 2.22. The van der Waals surface area contributed by atoms with Crippen LogP contribution in [0.1, 0.15) is 17.4 Å². The molecule has 0 saturated heterocycles. The van der Waals surface area contributed by atoms with Gasteiger partial charge in [0.2, 0.25) is 12.0 Å². The first-order valence-corrected chi connectivity index (χ1v) is 5.08. The number of aromatic nitrogens is 2. The van der Waals surface area contributed by atoms with Crippen molar-refractivity contribution in [1.29, 1.82) is 0 Å². The van der Waals surface area contributed by atoms with Crippen LogP contribution in [0.15, 0.2) is 33.6 Å². The topological polar surface area (TPSA) is 76.2 Å². The van der Waals surface area contributed by atoms with Crippen molar-refractivity contribution in [3.8, 4) is 11.4 Å². The van der Waals surface area contributed by atoms with E-state index in [0.29, 0.717) is 18.6 Å². The van der Waals surface area contributed by atoms with Gasteiger partial charge in [0.15, 0.2) is 0 Å². The number of carbonyl (C=O) groups is 1. The minimum Gasteiger partial charge on any atom is -0.494 e. The maximum atomic E-state index is 11.1. The van der Waals surface area contributed by atoms with Crippen LogP contribution in [0.3, 0.4) is 0 Å². The first-order valence-electron chi connectivity index (χ1n) is 5.08. The van der Waals surface area contributed by atoms with Gasteiger partial charge in [-0.2, -0.15) is 0 Å². The van der Waals surface area contributed by atoms with Crippen LogP contribution in [0, 0.1) is 0 Å². The quantitative estimate of drug-likeness (QED) is 0.616. The minimum atomic E-state index is -0.700. The highest BCUT2D eigenvalue weighted by atomic mass is 16.5. The van der Waals surface area contributed by atoms with Gasteiger partial charge >= 0.3 is 11.3 Å². The summed E-state index contributed by atoms with van der Waals surface area (Å²) in [7, 11) is 0. The number of nitrogens with zero attached hydrogens (tertiary/aromatic N) is 1. The molecule has 88 valence electrons. The summed E-state index contributed by atoms with van der Waals surface area (Å²) >= 11 is 0. The number of rotatable bonds is 4. The molecule has 2 rings (SSSR count). The molecule has 0 fully saturated rings. The molecule has 0 radical (unpaired) electrons. The van der Waals surface area contributed by atoms with Crippen LogP contribution in [0.4, 0.5) is 0 Å². The van der Waals surface area contributed by atoms with Crippen LogP contribution in [0.25, 0.3) is 5.69 Å². The molecule has 0 saturated carbocycles. The Morgan fingerprint density at radius 3 is 2.71 bits per heavy atom. The van der Waals surface area contributed by atoms with Gasteiger partial charge < -0.3 is 4.74 Å². The second-order valence-electron chi connectivity index (χ2n) is 3.25. The third-order valence-corrected chi connectivity index (χ3v) is 2.20. The molecule has 0 bridgehead atoms. The van der Waals surface area contributed by atoms with E-state index in [1.165, 1.54) is 4.68 Å². The Labute approximate surface area is 96.4 Å². The monoisotopic (exact) mass is 235 g/mol. The van der Waals surface area contributed by atoms with Crippen molar-refractivity contribution in [2.24, 2.45) is 0 Å². The van der Waals surface area contributed by atoms with Crippen LogP contribution in [0.5, 0.6) is 5.75 Å². The summed E-state index contributed by atoms with van der Waals surface area (Å²) in [6, 6.07) is 6.91. The lowest BCUT2D eigenvalue weighted by Gasteiger charge is -2.00. The zero-order chi connectivity index (χ0) is 12.3. The van der Waals surface area contributed by atoms with Gasteiger partial charge in [0.25, 0.3) is 0 Å². The first kappa shape index (κ1) is 11.1. The molecular formula is C11H11N2O4+. The Balaban J connectivity index is 2.39. The molecule has 0 unspecified atom stereocenters. The Morgan fingerprint density at radius 2 is 2.12 bits per heavy atom. The molecule has 6 heteroatoms. The highest BCUT2D eigenvalue weighted by Crippen LogP contribution is 2.11. The van der Waals surface area contributed by atoms with Gasteiger partial charge in [-0.3, -0.25) is 9.32 Å². The maximum Gasteiger partial charge on any atom is 0.438 e. The molecule has 0 aliphatic rings. The molecule has 17 heavy (non-hydrogen) atoms. The second-order valence-corrected chi connectivity index (χ2v) is 3.25. The van der Waals surface area contributed by atoms with Crippen molar-refractivity contribution in [2.45, 2.75) is 6.92 Å².